The number of ether oxygens (including phenoxy) is 1. The summed E-state index contributed by atoms with van der Waals surface area (Å²) in [7, 11) is 1.60. The van der Waals surface area contributed by atoms with Crippen LogP contribution in [0.5, 0.6) is 5.75 Å². The third-order valence-corrected chi connectivity index (χ3v) is 3.93. The molecule has 0 atom stereocenters. The van der Waals surface area contributed by atoms with Crippen molar-refractivity contribution in [2.45, 2.75) is 6.54 Å². The summed E-state index contributed by atoms with van der Waals surface area (Å²) in [4.78, 5) is 10.5. The minimum atomic E-state index is -0.439. The van der Waals surface area contributed by atoms with Crippen molar-refractivity contribution >= 4 is 16.6 Å². The minimum absolute atomic E-state index is 0.00343. The van der Waals surface area contributed by atoms with E-state index in [1.807, 2.05) is 12.1 Å². The minimum Gasteiger partial charge on any atom is -0.497 e. The lowest BCUT2D eigenvalue weighted by atomic mass is 10.2. The number of fused-ring (bicyclic) bond motifs is 1. The van der Waals surface area contributed by atoms with Crippen LogP contribution in [0.4, 0.5) is 5.69 Å². The first-order valence-electron chi connectivity index (χ1n) is 7.71. The second-order valence-corrected chi connectivity index (χ2v) is 5.53. The zero-order chi connectivity index (χ0) is 18.1. The highest BCUT2D eigenvalue weighted by molar-refractivity contribution is 5.81. The van der Waals surface area contributed by atoms with Gasteiger partial charge in [0.1, 0.15) is 12.3 Å². The van der Waals surface area contributed by atoms with Gasteiger partial charge in [-0.3, -0.25) is 14.8 Å². The van der Waals surface area contributed by atoms with E-state index in [1.54, 1.807) is 36.2 Å². The summed E-state index contributed by atoms with van der Waals surface area (Å²) < 4.78 is 12.4. The molecule has 0 bridgehead atoms. The molecule has 0 aliphatic rings. The van der Waals surface area contributed by atoms with Gasteiger partial charge in [-0.2, -0.15) is 5.10 Å². The van der Waals surface area contributed by atoms with Crippen LogP contribution < -0.4 is 4.74 Å². The maximum absolute atomic E-state index is 11.0. The number of non-ortho nitro benzene ring substituents is 1. The Bertz CT molecular complexity index is 1080. The lowest BCUT2D eigenvalue weighted by Gasteiger charge is -2.00. The average molecular weight is 351 g/mol. The Morgan fingerprint density at radius 3 is 2.73 bits per heavy atom. The molecule has 2 aromatic carbocycles. The van der Waals surface area contributed by atoms with Gasteiger partial charge in [0.25, 0.3) is 5.69 Å². The molecule has 0 N–H and O–H groups in total. The number of rotatable bonds is 5. The summed E-state index contributed by atoms with van der Waals surface area (Å²) in [6.45, 7) is 0.216. The normalized spacial score (nSPS) is 11.0. The molecule has 2 heterocycles. The van der Waals surface area contributed by atoms with Gasteiger partial charge in [-0.25, -0.2) is 0 Å². The van der Waals surface area contributed by atoms with E-state index in [9.17, 15) is 10.1 Å². The van der Waals surface area contributed by atoms with Crippen molar-refractivity contribution in [3.63, 3.8) is 0 Å². The van der Waals surface area contributed by atoms with Crippen molar-refractivity contribution < 1.29 is 14.1 Å². The quantitative estimate of drug-likeness (QED) is 0.401. The Morgan fingerprint density at radius 2 is 2.00 bits per heavy atom. The van der Waals surface area contributed by atoms with Gasteiger partial charge in [-0.15, -0.1) is 10.2 Å². The summed E-state index contributed by atoms with van der Waals surface area (Å²) >= 11 is 0. The Hall–Kier alpha value is -3.75. The molecule has 4 aromatic rings. The molecule has 0 saturated heterocycles. The molecule has 2 aromatic heterocycles. The summed E-state index contributed by atoms with van der Waals surface area (Å²) in [6.07, 6.45) is 1.64. The fourth-order valence-electron chi connectivity index (χ4n) is 2.59. The number of aromatic nitrogens is 4. The van der Waals surface area contributed by atoms with Gasteiger partial charge in [-0.1, -0.05) is 0 Å². The van der Waals surface area contributed by atoms with Gasteiger partial charge in [0.05, 0.1) is 23.7 Å². The number of benzene rings is 2. The van der Waals surface area contributed by atoms with E-state index in [-0.39, 0.29) is 12.2 Å². The lowest BCUT2D eigenvalue weighted by molar-refractivity contribution is -0.384. The first-order chi connectivity index (χ1) is 12.6. The molecule has 0 aliphatic heterocycles. The van der Waals surface area contributed by atoms with Gasteiger partial charge in [-0.05, 0) is 30.3 Å². The van der Waals surface area contributed by atoms with Crippen LogP contribution in [0.3, 0.4) is 0 Å². The van der Waals surface area contributed by atoms with Crippen molar-refractivity contribution in [3.05, 3.63) is 64.7 Å². The monoisotopic (exact) mass is 351 g/mol. The summed E-state index contributed by atoms with van der Waals surface area (Å²) in [5.74, 6) is 1.47. The first-order valence-corrected chi connectivity index (χ1v) is 7.71. The number of nitrogens with zero attached hydrogens (tertiary/aromatic N) is 5. The van der Waals surface area contributed by atoms with E-state index in [0.717, 1.165) is 16.7 Å². The zero-order valence-corrected chi connectivity index (χ0v) is 13.7. The van der Waals surface area contributed by atoms with Crippen LogP contribution in [0.2, 0.25) is 0 Å². The molecule has 0 fully saturated rings. The number of hydrogen-bond acceptors (Lipinski definition) is 7. The molecule has 0 spiro atoms. The third-order valence-electron chi connectivity index (χ3n) is 3.93. The summed E-state index contributed by atoms with van der Waals surface area (Å²) in [5, 5.41) is 24.1. The van der Waals surface area contributed by atoms with Crippen molar-refractivity contribution in [1.29, 1.82) is 0 Å². The predicted molar refractivity (Wildman–Crippen MR) is 91.8 cm³/mol. The molecule has 0 unspecified atom stereocenters. The van der Waals surface area contributed by atoms with Gasteiger partial charge < -0.3 is 9.15 Å². The molecule has 9 heteroatoms. The van der Waals surface area contributed by atoms with Gasteiger partial charge in [0.15, 0.2) is 0 Å². The smallest absolute Gasteiger partial charge is 0.271 e. The zero-order valence-electron chi connectivity index (χ0n) is 13.7. The second-order valence-electron chi connectivity index (χ2n) is 5.53. The van der Waals surface area contributed by atoms with Crippen LogP contribution in [0.25, 0.3) is 22.4 Å². The molecule has 0 amide bonds. The Balaban J connectivity index is 1.61. The van der Waals surface area contributed by atoms with Gasteiger partial charge in [0, 0.05) is 23.1 Å². The molecule has 130 valence electrons. The maximum Gasteiger partial charge on any atom is 0.271 e. The van der Waals surface area contributed by atoms with E-state index in [4.69, 9.17) is 9.15 Å². The second kappa shape index (κ2) is 6.28. The molecule has 26 heavy (non-hydrogen) atoms. The molecule has 0 radical (unpaired) electrons. The molecule has 9 nitrogen and oxygen atoms in total. The van der Waals surface area contributed by atoms with E-state index in [0.29, 0.717) is 17.3 Å². The van der Waals surface area contributed by atoms with Crippen molar-refractivity contribution in [2.24, 2.45) is 0 Å². The standard InChI is InChI=1S/C17H13N5O4/c1-25-14-6-3-11(4-7-14)17-20-19-16(26-17)10-21-15-8-13(22(23)24)5-2-12(15)9-18-21/h2-9H,10H2,1H3. The van der Waals surface area contributed by atoms with Crippen LogP contribution in [0.15, 0.2) is 53.1 Å². The lowest BCUT2D eigenvalue weighted by Crippen LogP contribution is -2.02. The largest absolute Gasteiger partial charge is 0.497 e. The number of nitro benzene ring substituents is 1. The van der Waals surface area contributed by atoms with E-state index in [1.165, 1.54) is 12.1 Å². The third kappa shape index (κ3) is 2.86. The molecule has 4 rings (SSSR count). The summed E-state index contributed by atoms with van der Waals surface area (Å²) in [5.41, 5.74) is 1.40. The average Bonchev–Trinajstić information content (AvgIpc) is 3.29. The molecular weight excluding hydrogens is 338 g/mol. The van der Waals surface area contributed by atoms with Crippen LogP contribution in [-0.4, -0.2) is 32.0 Å². The number of hydrogen-bond donors (Lipinski definition) is 0. The summed E-state index contributed by atoms with van der Waals surface area (Å²) in [6, 6.07) is 11.8. The number of nitro groups is 1. The van der Waals surface area contributed by atoms with E-state index in [2.05, 4.69) is 15.3 Å². The van der Waals surface area contributed by atoms with Crippen LogP contribution in [0.1, 0.15) is 5.89 Å². The van der Waals surface area contributed by atoms with E-state index >= 15 is 0 Å². The fourth-order valence-corrected chi connectivity index (χ4v) is 2.59. The Morgan fingerprint density at radius 1 is 1.19 bits per heavy atom. The maximum atomic E-state index is 11.0. The predicted octanol–water partition coefficient (Wildman–Crippen LogP) is 3.05. The Labute approximate surface area is 147 Å². The van der Waals surface area contributed by atoms with Gasteiger partial charge >= 0.3 is 0 Å². The highest BCUT2D eigenvalue weighted by Gasteiger charge is 2.14. The fraction of sp³-hybridized carbons (Fsp3) is 0.118. The SMILES string of the molecule is COc1ccc(-c2nnc(Cn3ncc4ccc([N+](=O)[O-])cc43)o2)cc1. The van der Waals surface area contributed by atoms with Crippen molar-refractivity contribution in [1.82, 2.24) is 20.0 Å². The van der Waals surface area contributed by atoms with Gasteiger partial charge in [0.2, 0.25) is 11.8 Å². The molecule has 0 saturated carbocycles. The Kier molecular flexibility index (Phi) is 3.81. The number of methoxy groups -OCH3 is 1. The molecular formula is C17H13N5O4. The van der Waals surface area contributed by atoms with Crippen LogP contribution in [-0.2, 0) is 6.54 Å². The topological polar surface area (TPSA) is 109 Å². The first kappa shape index (κ1) is 15.8. The van der Waals surface area contributed by atoms with Crippen LogP contribution >= 0.6 is 0 Å². The molecule has 0 aliphatic carbocycles. The van der Waals surface area contributed by atoms with Crippen molar-refractivity contribution in [3.8, 4) is 17.2 Å². The highest BCUT2D eigenvalue weighted by Crippen LogP contribution is 2.23. The van der Waals surface area contributed by atoms with E-state index < -0.39 is 4.92 Å². The highest BCUT2D eigenvalue weighted by atomic mass is 16.6. The van der Waals surface area contributed by atoms with Crippen molar-refractivity contribution in [2.75, 3.05) is 7.11 Å². The van der Waals surface area contributed by atoms with Crippen LogP contribution in [0, 0.1) is 10.1 Å².